The van der Waals surface area contributed by atoms with Crippen molar-refractivity contribution < 1.29 is 8.42 Å². The Morgan fingerprint density at radius 3 is 2.74 bits per heavy atom. The van der Waals surface area contributed by atoms with Gasteiger partial charge in [-0.05, 0) is 42.7 Å². The number of nitrogens with zero attached hydrogens (tertiary/aromatic N) is 2. The standard InChI is InChI=1S/C22H20N4O3S2/c1-13-9-15-10-16(31(23,28)29)7-8-18(15)26(13)11-19-24-21(27)20-17(12-30-22(20)25-19)14-5-3-2-4-6-14/h2-8,10,12-13H,9,11H2,1H3,(H2,23,28,29)(H,24,25,27)/t13-/m0/s1. The number of nitrogens with two attached hydrogens (primary N) is 1. The van der Waals surface area contributed by atoms with Crippen molar-refractivity contribution >= 4 is 37.3 Å². The minimum absolute atomic E-state index is 0.111. The second-order valence-corrected chi connectivity index (χ2v) is 10.1. The van der Waals surface area contributed by atoms with Crippen LogP contribution in [0.4, 0.5) is 5.69 Å². The molecule has 3 heterocycles. The molecule has 4 aromatic rings. The lowest BCUT2D eigenvalue weighted by molar-refractivity contribution is 0.597. The molecule has 2 aromatic carbocycles. The molecule has 1 atom stereocenters. The third-order valence-electron chi connectivity index (χ3n) is 5.63. The van der Waals surface area contributed by atoms with Crippen molar-refractivity contribution in [1.82, 2.24) is 9.97 Å². The maximum Gasteiger partial charge on any atom is 0.260 e. The highest BCUT2D eigenvalue weighted by atomic mass is 32.2. The lowest BCUT2D eigenvalue weighted by Gasteiger charge is -2.24. The summed E-state index contributed by atoms with van der Waals surface area (Å²) in [7, 11) is -3.75. The zero-order chi connectivity index (χ0) is 21.8. The highest BCUT2D eigenvalue weighted by molar-refractivity contribution is 7.89. The van der Waals surface area contributed by atoms with Gasteiger partial charge < -0.3 is 9.88 Å². The summed E-state index contributed by atoms with van der Waals surface area (Å²) >= 11 is 1.46. The molecule has 1 aliphatic heterocycles. The van der Waals surface area contributed by atoms with E-state index in [1.165, 1.54) is 17.4 Å². The predicted octanol–water partition coefficient (Wildman–Crippen LogP) is 3.25. The number of hydrogen-bond acceptors (Lipinski definition) is 6. The third kappa shape index (κ3) is 3.54. The summed E-state index contributed by atoms with van der Waals surface area (Å²) in [6, 6.07) is 14.9. The van der Waals surface area contributed by atoms with Crippen LogP contribution < -0.4 is 15.6 Å². The molecule has 0 aliphatic carbocycles. The van der Waals surface area contributed by atoms with Crippen molar-refractivity contribution in [2.45, 2.75) is 30.8 Å². The number of benzene rings is 2. The Labute approximate surface area is 183 Å². The van der Waals surface area contributed by atoms with Gasteiger partial charge in [0.2, 0.25) is 10.0 Å². The summed E-state index contributed by atoms with van der Waals surface area (Å²) in [6.45, 7) is 2.48. The van der Waals surface area contributed by atoms with E-state index < -0.39 is 10.0 Å². The van der Waals surface area contributed by atoms with Gasteiger partial charge in [0.1, 0.15) is 10.7 Å². The molecule has 158 valence electrons. The molecule has 7 nitrogen and oxygen atoms in total. The zero-order valence-electron chi connectivity index (χ0n) is 16.7. The summed E-state index contributed by atoms with van der Waals surface area (Å²) in [5.41, 5.74) is 3.57. The lowest BCUT2D eigenvalue weighted by atomic mass is 10.1. The van der Waals surface area contributed by atoms with Gasteiger partial charge in [0.15, 0.2) is 0 Å². The maximum atomic E-state index is 12.9. The minimum Gasteiger partial charge on any atom is -0.361 e. The van der Waals surface area contributed by atoms with E-state index in [0.717, 1.165) is 22.4 Å². The van der Waals surface area contributed by atoms with E-state index in [2.05, 4.69) is 16.8 Å². The van der Waals surface area contributed by atoms with Crippen LogP contribution in [-0.2, 0) is 23.0 Å². The van der Waals surface area contributed by atoms with Crippen LogP contribution in [0.2, 0.25) is 0 Å². The highest BCUT2D eigenvalue weighted by Gasteiger charge is 2.28. The van der Waals surface area contributed by atoms with E-state index in [1.807, 2.05) is 35.7 Å². The molecular weight excluding hydrogens is 432 g/mol. The van der Waals surface area contributed by atoms with Crippen LogP contribution in [0, 0.1) is 0 Å². The predicted molar refractivity (Wildman–Crippen MR) is 123 cm³/mol. The third-order valence-corrected chi connectivity index (χ3v) is 7.42. The van der Waals surface area contributed by atoms with Gasteiger partial charge in [-0.2, -0.15) is 0 Å². The van der Waals surface area contributed by atoms with Gasteiger partial charge in [-0.3, -0.25) is 4.79 Å². The molecule has 31 heavy (non-hydrogen) atoms. The average molecular weight is 453 g/mol. The Hall–Kier alpha value is -3.01. The molecule has 0 saturated carbocycles. The van der Waals surface area contributed by atoms with E-state index in [0.29, 0.717) is 29.0 Å². The van der Waals surface area contributed by atoms with Crippen LogP contribution in [0.5, 0.6) is 0 Å². The number of sulfonamides is 1. The van der Waals surface area contributed by atoms with Crippen LogP contribution in [0.15, 0.2) is 63.6 Å². The second kappa shape index (κ2) is 7.30. The quantitative estimate of drug-likeness (QED) is 0.494. The summed E-state index contributed by atoms with van der Waals surface area (Å²) in [6.07, 6.45) is 0.697. The topological polar surface area (TPSA) is 109 Å². The summed E-state index contributed by atoms with van der Waals surface area (Å²) in [5, 5.41) is 7.84. The second-order valence-electron chi connectivity index (χ2n) is 7.72. The van der Waals surface area contributed by atoms with E-state index >= 15 is 0 Å². The van der Waals surface area contributed by atoms with Crippen LogP contribution >= 0.6 is 11.3 Å². The zero-order valence-corrected chi connectivity index (χ0v) is 18.3. The fourth-order valence-electron chi connectivity index (χ4n) is 4.15. The fourth-order valence-corrected chi connectivity index (χ4v) is 5.68. The summed E-state index contributed by atoms with van der Waals surface area (Å²) < 4.78 is 23.3. The lowest BCUT2D eigenvalue weighted by Crippen LogP contribution is -2.30. The van der Waals surface area contributed by atoms with Gasteiger partial charge in [-0.15, -0.1) is 11.3 Å². The number of H-pyrrole nitrogens is 1. The van der Waals surface area contributed by atoms with Gasteiger partial charge in [0, 0.05) is 22.7 Å². The number of anilines is 1. The molecule has 0 radical (unpaired) electrons. The molecule has 0 bridgehead atoms. The van der Waals surface area contributed by atoms with Gasteiger partial charge >= 0.3 is 0 Å². The number of aromatic amines is 1. The number of primary sulfonamides is 1. The van der Waals surface area contributed by atoms with Crippen molar-refractivity contribution in [3.05, 3.63) is 75.7 Å². The molecule has 0 spiro atoms. The van der Waals surface area contributed by atoms with Crippen LogP contribution in [0.1, 0.15) is 18.3 Å². The molecular formula is C22H20N4O3S2. The van der Waals surface area contributed by atoms with Gasteiger partial charge in [0.05, 0.1) is 16.8 Å². The first kappa shape index (κ1) is 19.9. The Kier molecular flexibility index (Phi) is 4.69. The van der Waals surface area contributed by atoms with E-state index in [9.17, 15) is 13.2 Å². The number of hydrogen-bond donors (Lipinski definition) is 2. The largest absolute Gasteiger partial charge is 0.361 e. The molecule has 9 heteroatoms. The molecule has 1 aliphatic rings. The highest BCUT2D eigenvalue weighted by Crippen LogP contribution is 2.35. The van der Waals surface area contributed by atoms with Crippen molar-refractivity contribution in [2.24, 2.45) is 5.14 Å². The first-order chi connectivity index (χ1) is 14.8. The Bertz CT molecular complexity index is 1460. The number of nitrogens with one attached hydrogen (secondary N) is 1. The Balaban J connectivity index is 1.50. The van der Waals surface area contributed by atoms with Crippen LogP contribution in [-0.4, -0.2) is 24.4 Å². The van der Waals surface area contributed by atoms with Gasteiger partial charge in [-0.25, -0.2) is 18.5 Å². The van der Waals surface area contributed by atoms with Crippen molar-refractivity contribution in [1.29, 1.82) is 0 Å². The van der Waals surface area contributed by atoms with Crippen LogP contribution in [0.3, 0.4) is 0 Å². The van der Waals surface area contributed by atoms with E-state index in [4.69, 9.17) is 10.1 Å². The average Bonchev–Trinajstić information content (AvgIpc) is 3.29. The number of thiophene rings is 1. The summed E-state index contributed by atoms with van der Waals surface area (Å²) in [5.74, 6) is 0.578. The molecule has 3 N–H and O–H groups in total. The van der Waals surface area contributed by atoms with Crippen LogP contribution in [0.25, 0.3) is 21.3 Å². The van der Waals surface area contributed by atoms with E-state index in [1.54, 1.807) is 12.1 Å². The number of fused-ring (bicyclic) bond motifs is 2. The number of aromatic nitrogens is 2. The normalized spacial score (nSPS) is 16.1. The fraction of sp³-hybridized carbons (Fsp3) is 0.182. The molecule has 0 unspecified atom stereocenters. The number of rotatable bonds is 4. The monoisotopic (exact) mass is 452 g/mol. The van der Waals surface area contributed by atoms with Crippen molar-refractivity contribution in [3.63, 3.8) is 0 Å². The Morgan fingerprint density at radius 2 is 2.00 bits per heavy atom. The molecule has 5 rings (SSSR count). The first-order valence-electron chi connectivity index (χ1n) is 9.79. The smallest absolute Gasteiger partial charge is 0.260 e. The van der Waals surface area contributed by atoms with Crippen molar-refractivity contribution in [2.75, 3.05) is 4.90 Å². The first-order valence-corrected chi connectivity index (χ1v) is 12.2. The summed E-state index contributed by atoms with van der Waals surface area (Å²) in [4.78, 5) is 23.5. The molecule has 0 saturated heterocycles. The maximum absolute atomic E-state index is 12.9. The van der Waals surface area contributed by atoms with E-state index in [-0.39, 0.29) is 16.5 Å². The minimum atomic E-state index is -3.75. The van der Waals surface area contributed by atoms with Gasteiger partial charge in [0.25, 0.3) is 5.56 Å². The van der Waals surface area contributed by atoms with Gasteiger partial charge in [-0.1, -0.05) is 30.3 Å². The molecule has 0 fully saturated rings. The Morgan fingerprint density at radius 1 is 1.23 bits per heavy atom. The molecule has 0 amide bonds. The van der Waals surface area contributed by atoms with Crippen molar-refractivity contribution in [3.8, 4) is 11.1 Å². The SMILES string of the molecule is C[C@H]1Cc2cc(S(N)(=O)=O)ccc2N1Cc1nc2scc(-c3ccccc3)c2c(=O)[nH]1. The molecule has 2 aromatic heterocycles.